The normalized spacial score (nSPS) is 18.0. The van der Waals surface area contributed by atoms with Crippen LogP contribution in [0.4, 0.5) is 10.1 Å². The van der Waals surface area contributed by atoms with Gasteiger partial charge in [0.25, 0.3) is 0 Å². The fourth-order valence-corrected chi connectivity index (χ4v) is 2.70. The van der Waals surface area contributed by atoms with Crippen LogP contribution in [0, 0.1) is 18.7 Å². The average Bonchev–Trinajstić information content (AvgIpc) is 2.34. The van der Waals surface area contributed by atoms with Crippen molar-refractivity contribution in [2.75, 3.05) is 32.0 Å². The molecular formula is C14H20BrFN2. The van der Waals surface area contributed by atoms with Crippen LogP contribution in [0.25, 0.3) is 0 Å². The third-order valence-electron chi connectivity index (χ3n) is 3.69. The summed E-state index contributed by atoms with van der Waals surface area (Å²) in [4.78, 5) is 2.37. The minimum atomic E-state index is -0.197. The summed E-state index contributed by atoms with van der Waals surface area (Å²) in [6, 6.07) is 3.40. The Morgan fingerprint density at radius 2 is 2.06 bits per heavy atom. The molecule has 4 heteroatoms. The second kappa shape index (κ2) is 6.02. The number of anilines is 1. The third kappa shape index (κ3) is 3.45. The molecule has 100 valence electrons. The van der Waals surface area contributed by atoms with Crippen LogP contribution in [-0.4, -0.2) is 31.6 Å². The van der Waals surface area contributed by atoms with Gasteiger partial charge in [-0.25, -0.2) is 4.39 Å². The molecule has 1 fully saturated rings. The van der Waals surface area contributed by atoms with Crippen molar-refractivity contribution in [1.82, 2.24) is 4.90 Å². The fourth-order valence-electron chi connectivity index (χ4n) is 2.36. The van der Waals surface area contributed by atoms with Crippen molar-refractivity contribution in [1.29, 1.82) is 0 Å². The molecule has 0 radical (unpaired) electrons. The van der Waals surface area contributed by atoms with Gasteiger partial charge in [0.05, 0.1) is 4.47 Å². The van der Waals surface area contributed by atoms with E-state index in [2.05, 4.69) is 33.2 Å². The van der Waals surface area contributed by atoms with Gasteiger partial charge in [-0.3, -0.25) is 0 Å². The summed E-state index contributed by atoms with van der Waals surface area (Å²) in [5.74, 6) is 0.529. The molecule has 0 aromatic heterocycles. The van der Waals surface area contributed by atoms with Gasteiger partial charge in [0.15, 0.2) is 0 Å². The Kier molecular flexibility index (Phi) is 4.62. The number of halogens is 2. The zero-order chi connectivity index (χ0) is 13.1. The Morgan fingerprint density at radius 3 is 2.72 bits per heavy atom. The van der Waals surface area contributed by atoms with Crippen LogP contribution in [0.1, 0.15) is 18.4 Å². The van der Waals surface area contributed by atoms with Crippen LogP contribution in [0.15, 0.2) is 16.6 Å². The van der Waals surface area contributed by atoms with Crippen molar-refractivity contribution in [3.05, 3.63) is 28.0 Å². The topological polar surface area (TPSA) is 15.3 Å². The minimum absolute atomic E-state index is 0.197. The maximum atomic E-state index is 13.3. The second-order valence-corrected chi connectivity index (χ2v) is 6.06. The van der Waals surface area contributed by atoms with Crippen molar-refractivity contribution >= 4 is 21.6 Å². The summed E-state index contributed by atoms with van der Waals surface area (Å²) in [6.45, 7) is 5.27. The van der Waals surface area contributed by atoms with Gasteiger partial charge in [-0.05, 0) is 79.4 Å². The van der Waals surface area contributed by atoms with E-state index in [0.717, 1.165) is 23.7 Å². The van der Waals surface area contributed by atoms with Crippen molar-refractivity contribution < 1.29 is 4.39 Å². The molecule has 18 heavy (non-hydrogen) atoms. The van der Waals surface area contributed by atoms with Crippen LogP contribution in [0.5, 0.6) is 0 Å². The van der Waals surface area contributed by atoms with Gasteiger partial charge in [-0.15, -0.1) is 0 Å². The van der Waals surface area contributed by atoms with Gasteiger partial charge in [0.1, 0.15) is 5.82 Å². The van der Waals surface area contributed by atoms with Crippen LogP contribution in [0.3, 0.4) is 0 Å². The van der Waals surface area contributed by atoms with Crippen LogP contribution in [0.2, 0.25) is 0 Å². The lowest BCUT2D eigenvalue weighted by atomic mass is 9.97. The number of hydrogen-bond donors (Lipinski definition) is 1. The molecule has 0 amide bonds. The first-order valence-corrected chi connectivity index (χ1v) is 7.23. The number of likely N-dealkylation sites (tertiary alicyclic amines) is 1. The quantitative estimate of drug-likeness (QED) is 0.916. The Labute approximate surface area is 117 Å². The molecule has 0 atom stereocenters. The smallest absolute Gasteiger partial charge is 0.137 e. The molecule has 1 aromatic carbocycles. The lowest BCUT2D eigenvalue weighted by Gasteiger charge is -2.29. The molecule has 1 N–H and O–H groups in total. The van der Waals surface area contributed by atoms with E-state index < -0.39 is 0 Å². The first-order valence-electron chi connectivity index (χ1n) is 6.44. The highest BCUT2D eigenvalue weighted by molar-refractivity contribution is 9.10. The average molecular weight is 315 g/mol. The van der Waals surface area contributed by atoms with Gasteiger partial charge in [0.2, 0.25) is 0 Å². The summed E-state index contributed by atoms with van der Waals surface area (Å²) >= 11 is 3.23. The Bertz CT molecular complexity index is 415. The van der Waals surface area contributed by atoms with E-state index in [-0.39, 0.29) is 5.82 Å². The molecule has 1 aliphatic heterocycles. The molecule has 0 saturated carbocycles. The van der Waals surface area contributed by atoms with Gasteiger partial charge < -0.3 is 10.2 Å². The second-order valence-electron chi connectivity index (χ2n) is 5.21. The molecule has 0 unspecified atom stereocenters. The third-order valence-corrected chi connectivity index (χ3v) is 4.29. The number of nitrogens with one attached hydrogen (secondary N) is 1. The zero-order valence-corrected chi connectivity index (χ0v) is 12.6. The largest absolute Gasteiger partial charge is 0.385 e. The zero-order valence-electron chi connectivity index (χ0n) is 11.0. The Hall–Kier alpha value is -0.610. The molecule has 2 nitrogen and oxygen atoms in total. The monoisotopic (exact) mass is 314 g/mol. The van der Waals surface area contributed by atoms with Crippen molar-refractivity contribution in [2.45, 2.75) is 19.8 Å². The molecule has 0 bridgehead atoms. The molecule has 0 aliphatic carbocycles. The van der Waals surface area contributed by atoms with Crippen LogP contribution < -0.4 is 5.32 Å². The van der Waals surface area contributed by atoms with Crippen molar-refractivity contribution in [3.8, 4) is 0 Å². The Morgan fingerprint density at radius 1 is 1.39 bits per heavy atom. The van der Waals surface area contributed by atoms with E-state index in [4.69, 9.17) is 0 Å². The maximum Gasteiger partial charge on any atom is 0.137 e. The maximum absolute atomic E-state index is 13.3. The fraction of sp³-hybridized carbons (Fsp3) is 0.571. The number of benzene rings is 1. The van der Waals surface area contributed by atoms with Crippen LogP contribution >= 0.6 is 15.9 Å². The molecular weight excluding hydrogens is 295 g/mol. The van der Waals surface area contributed by atoms with Crippen LogP contribution in [-0.2, 0) is 0 Å². The number of piperidine rings is 1. The lowest BCUT2D eigenvalue weighted by Crippen LogP contribution is -2.33. The highest BCUT2D eigenvalue weighted by Gasteiger charge is 2.16. The van der Waals surface area contributed by atoms with E-state index in [1.54, 1.807) is 6.07 Å². The number of aryl methyl sites for hydroxylation is 1. The van der Waals surface area contributed by atoms with Gasteiger partial charge >= 0.3 is 0 Å². The predicted octanol–water partition coefficient (Wildman–Crippen LogP) is 3.65. The highest BCUT2D eigenvalue weighted by Crippen LogP contribution is 2.25. The van der Waals surface area contributed by atoms with E-state index in [0.29, 0.717) is 4.47 Å². The molecule has 0 spiro atoms. The van der Waals surface area contributed by atoms with Gasteiger partial charge in [-0.2, -0.15) is 0 Å². The van der Waals surface area contributed by atoms with E-state index in [9.17, 15) is 4.39 Å². The molecule has 1 aromatic rings. The summed E-state index contributed by atoms with van der Waals surface area (Å²) in [5, 5.41) is 3.45. The van der Waals surface area contributed by atoms with E-state index in [1.165, 1.54) is 25.9 Å². The Balaban J connectivity index is 1.92. The number of rotatable bonds is 3. The summed E-state index contributed by atoms with van der Waals surface area (Å²) in [7, 11) is 2.17. The van der Waals surface area contributed by atoms with E-state index in [1.807, 2.05) is 13.0 Å². The van der Waals surface area contributed by atoms with Crippen molar-refractivity contribution in [2.24, 2.45) is 5.92 Å². The summed E-state index contributed by atoms with van der Waals surface area (Å²) < 4.78 is 13.8. The number of hydrogen-bond acceptors (Lipinski definition) is 2. The highest BCUT2D eigenvalue weighted by atomic mass is 79.9. The number of nitrogens with zero attached hydrogens (tertiary/aromatic N) is 1. The first kappa shape index (κ1) is 13.8. The lowest BCUT2D eigenvalue weighted by molar-refractivity contribution is 0.226. The molecule has 2 rings (SSSR count). The SMILES string of the molecule is Cc1cc(F)c(Br)cc1NCC1CCN(C)CC1. The van der Waals surface area contributed by atoms with Gasteiger partial charge in [0, 0.05) is 12.2 Å². The van der Waals surface area contributed by atoms with E-state index >= 15 is 0 Å². The van der Waals surface area contributed by atoms with Crippen molar-refractivity contribution in [3.63, 3.8) is 0 Å². The summed E-state index contributed by atoms with van der Waals surface area (Å²) in [5.41, 5.74) is 1.99. The summed E-state index contributed by atoms with van der Waals surface area (Å²) in [6.07, 6.45) is 2.48. The predicted molar refractivity (Wildman–Crippen MR) is 77.5 cm³/mol. The molecule has 1 saturated heterocycles. The van der Waals surface area contributed by atoms with Gasteiger partial charge in [-0.1, -0.05) is 0 Å². The molecule has 1 heterocycles. The first-order chi connectivity index (χ1) is 8.56. The minimum Gasteiger partial charge on any atom is -0.385 e. The standard InChI is InChI=1S/C14H20BrFN2/c1-10-7-13(16)12(15)8-14(10)17-9-11-3-5-18(2)6-4-11/h7-8,11,17H,3-6,9H2,1-2H3. The molecule has 1 aliphatic rings.